The van der Waals surface area contributed by atoms with Crippen molar-refractivity contribution in [2.24, 2.45) is 0 Å². The van der Waals surface area contributed by atoms with Crippen LogP contribution in [0, 0.1) is 18.8 Å². The Morgan fingerprint density at radius 3 is 3.12 bits per heavy atom. The highest BCUT2D eigenvalue weighted by Crippen LogP contribution is 2.16. The summed E-state index contributed by atoms with van der Waals surface area (Å²) in [5.41, 5.74) is 2.91. The van der Waals surface area contributed by atoms with Crippen LogP contribution in [0.4, 0.5) is 0 Å². The second kappa shape index (κ2) is 5.07. The number of aryl methyl sites for hydroxylation is 1. The standard InChI is InChI=1S/C13H12N2OS/c1-9-12-6-5-11(8-13(12)15-14-9)4-3-7-17-10(2)16/h5-6,8H,7H2,1-2H3,(H,14,15). The number of aromatic nitrogens is 2. The maximum Gasteiger partial charge on any atom is 0.186 e. The number of benzene rings is 1. The lowest BCUT2D eigenvalue weighted by Crippen LogP contribution is -1.82. The molecule has 17 heavy (non-hydrogen) atoms. The van der Waals surface area contributed by atoms with Gasteiger partial charge in [0.05, 0.1) is 11.3 Å². The molecule has 0 aliphatic rings. The Balaban J connectivity index is 2.16. The fraction of sp³-hybridized carbons (Fsp3) is 0.231. The van der Waals surface area contributed by atoms with E-state index in [0.29, 0.717) is 5.75 Å². The van der Waals surface area contributed by atoms with Gasteiger partial charge < -0.3 is 0 Å². The van der Waals surface area contributed by atoms with Crippen molar-refractivity contribution in [3.05, 3.63) is 29.5 Å². The van der Waals surface area contributed by atoms with Gasteiger partial charge in [-0.05, 0) is 25.1 Å². The number of carbonyl (C=O) groups excluding carboxylic acids is 1. The lowest BCUT2D eigenvalue weighted by Gasteiger charge is -1.91. The lowest BCUT2D eigenvalue weighted by atomic mass is 10.1. The number of carbonyl (C=O) groups is 1. The van der Waals surface area contributed by atoms with E-state index >= 15 is 0 Å². The zero-order chi connectivity index (χ0) is 12.3. The van der Waals surface area contributed by atoms with Gasteiger partial charge in [0.2, 0.25) is 0 Å². The molecule has 1 aromatic heterocycles. The predicted molar refractivity (Wildman–Crippen MR) is 70.8 cm³/mol. The molecule has 2 aromatic rings. The van der Waals surface area contributed by atoms with E-state index < -0.39 is 0 Å². The van der Waals surface area contributed by atoms with E-state index in [9.17, 15) is 4.79 Å². The van der Waals surface area contributed by atoms with Crippen LogP contribution in [-0.2, 0) is 4.79 Å². The van der Waals surface area contributed by atoms with E-state index in [0.717, 1.165) is 22.2 Å². The third-order valence-electron chi connectivity index (χ3n) is 2.33. The highest BCUT2D eigenvalue weighted by Gasteiger charge is 2.00. The third kappa shape index (κ3) is 2.89. The van der Waals surface area contributed by atoms with Crippen LogP contribution >= 0.6 is 11.8 Å². The van der Waals surface area contributed by atoms with Crippen LogP contribution in [-0.4, -0.2) is 21.1 Å². The van der Waals surface area contributed by atoms with Crippen LogP contribution in [0.25, 0.3) is 10.9 Å². The summed E-state index contributed by atoms with van der Waals surface area (Å²) in [6, 6.07) is 5.93. The molecular weight excluding hydrogens is 232 g/mol. The van der Waals surface area contributed by atoms with Gasteiger partial charge in [-0.2, -0.15) is 5.10 Å². The molecule has 0 saturated carbocycles. The molecule has 0 spiro atoms. The van der Waals surface area contributed by atoms with Crippen molar-refractivity contribution in [3.63, 3.8) is 0 Å². The minimum absolute atomic E-state index is 0.0951. The average molecular weight is 244 g/mol. The summed E-state index contributed by atoms with van der Waals surface area (Å²) in [5, 5.41) is 8.34. The second-order valence-electron chi connectivity index (χ2n) is 3.66. The maximum atomic E-state index is 10.7. The minimum Gasteiger partial charge on any atom is -0.288 e. The van der Waals surface area contributed by atoms with Gasteiger partial charge in [-0.3, -0.25) is 9.89 Å². The van der Waals surface area contributed by atoms with Crippen LogP contribution in [0.1, 0.15) is 18.2 Å². The molecular formula is C13H12N2OS. The molecule has 0 fully saturated rings. The molecule has 0 saturated heterocycles. The topological polar surface area (TPSA) is 45.8 Å². The van der Waals surface area contributed by atoms with Crippen LogP contribution in [0.2, 0.25) is 0 Å². The number of H-pyrrole nitrogens is 1. The van der Waals surface area contributed by atoms with E-state index in [1.807, 2.05) is 25.1 Å². The van der Waals surface area contributed by atoms with E-state index in [2.05, 4.69) is 22.0 Å². The average Bonchev–Trinajstić information content (AvgIpc) is 2.66. The number of hydrogen-bond donors (Lipinski definition) is 1. The van der Waals surface area contributed by atoms with E-state index in [1.165, 1.54) is 11.8 Å². The number of nitrogens with one attached hydrogen (secondary N) is 1. The van der Waals surface area contributed by atoms with E-state index in [1.54, 1.807) is 6.92 Å². The zero-order valence-corrected chi connectivity index (χ0v) is 10.5. The van der Waals surface area contributed by atoms with Gasteiger partial charge in [0.15, 0.2) is 5.12 Å². The number of aromatic amines is 1. The SMILES string of the molecule is CC(=O)SCC#Cc1ccc2c(C)[nH]nc2c1. The molecule has 0 unspecified atom stereocenters. The summed E-state index contributed by atoms with van der Waals surface area (Å²) in [6.07, 6.45) is 0. The summed E-state index contributed by atoms with van der Waals surface area (Å²) in [7, 11) is 0. The van der Waals surface area contributed by atoms with Gasteiger partial charge in [0.1, 0.15) is 0 Å². The Morgan fingerprint density at radius 1 is 1.53 bits per heavy atom. The monoisotopic (exact) mass is 244 g/mol. The van der Waals surface area contributed by atoms with Crippen LogP contribution < -0.4 is 0 Å². The molecule has 1 aromatic carbocycles. The predicted octanol–water partition coefficient (Wildman–Crippen LogP) is 2.50. The summed E-state index contributed by atoms with van der Waals surface area (Å²) in [6.45, 7) is 3.54. The van der Waals surface area contributed by atoms with Crippen LogP contribution in [0.5, 0.6) is 0 Å². The molecule has 1 N–H and O–H groups in total. The summed E-state index contributed by atoms with van der Waals surface area (Å²) < 4.78 is 0. The zero-order valence-electron chi connectivity index (χ0n) is 9.70. The molecule has 3 nitrogen and oxygen atoms in total. The third-order valence-corrected chi connectivity index (χ3v) is 3.02. The first kappa shape index (κ1) is 11.7. The number of rotatable bonds is 1. The van der Waals surface area contributed by atoms with Gasteiger partial charge >= 0.3 is 0 Å². The molecule has 0 radical (unpaired) electrons. The molecule has 1 heterocycles. The Bertz CT molecular complexity index is 619. The van der Waals surface area contributed by atoms with Crippen LogP contribution in [0.3, 0.4) is 0 Å². The fourth-order valence-corrected chi connectivity index (χ4v) is 1.85. The maximum absolute atomic E-state index is 10.7. The lowest BCUT2D eigenvalue weighted by molar-refractivity contribution is -0.109. The molecule has 2 rings (SSSR count). The van der Waals surface area contributed by atoms with Crippen molar-refractivity contribution in [2.75, 3.05) is 5.75 Å². The van der Waals surface area contributed by atoms with Crippen LogP contribution in [0.15, 0.2) is 18.2 Å². The Hall–Kier alpha value is -1.73. The molecule has 0 aliphatic heterocycles. The first-order chi connectivity index (χ1) is 8.16. The van der Waals surface area contributed by atoms with Crippen molar-refractivity contribution >= 4 is 27.8 Å². The van der Waals surface area contributed by atoms with E-state index in [4.69, 9.17) is 0 Å². The fourth-order valence-electron chi connectivity index (χ4n) is 1.50. The molecule has 4 heteroatoms. The summed E-state index contributed by atoms with van der Waals surface area (Å²) in [5.74, 6) is 6.52. The number of fused-ring (bicyclic) bond motifs is 1. The molecule has 0 bridgehead atoms. The van der Waals surface area contributed by atoms with Crippen molar-refractivity contribution in [2.45, 2.75) is 13.8 Å². The summed E-state index contributed by atoms with van der Waals surface area (Å²) >= 11 is 1.22. The van der Waals surface area contributed by atoms with Gasteiger partial charge in [-0.25, -0.2) is 0 Å². The highest BCUT2D eigenvalue weighted by atomic mass is 32.2. The summed E-state index contributed by atoms with van der Waals surface area (Å²) in [4.78, 5) is 10.7. The molecule has 86 valence electrons. The number of hydrogen-bond acceptors (Lipinski definition) is 3. The van der Waals surface area contributed by atoms with Crippen molar-refractivity contribution in [3.8, 4) is 11.8 Å². The first-order valence-corrected chi connectivity index (χ1v) is 6.22. The Morgan fingerprint density at radius 2 is 2.35 bits per heavy atom. The quantitative estimate of drug-likeness (QED) is 0.784. The van der Waals surface area contributed by atoms with Crippen molar-refractivity contribution in [1.82, 2.24) is 10.2 Å². The highest BCUT2D eigenvalue weighted by molar-refractivity contribution is 8.13. The Labute approximate surface area is 104 Å². The largest absolute Gasteiger partial charge is 0.288 e. The van der Waals surface area contributed by atoms with Crippen molar-refractivity contribution in [1.29, 1.82) is 0 Å². The second-order valence-corrected chi connectivity index (χ2v) is 4.81. The molecule has 0 amide bonds. The van der Waals surface area contributed by atoms with E-state index in [-0.39, 0.29) is 5.12 Å². The number of thioether (sulfide) groups is 1. The minimum atomic E-state index is 0.0951. The Kier molecular flexibility index (Phi) is 3.50. The van der Waals surface area contributed by atoms with Gasteiger partial charge in [-0.15, -0.1) is 0 Å². The molecule has 0 atom stereocenters. The van der Waals surface area contributed by atoms with Gasteiger partial charge in [0, 0.05) is 23.6 Å². The first-order valence-electron chi connectivity index (χ1n) is 5.24. The van der Waals surface area contributed by atoms with Gasteiger partial charge in [-0.1, -0.05) is 23.6 Å². The number of nitrogens with zero attached hydrogens (tertiary/aromatic N) is 1. The normalized spacial score (nSPS) is 10.0. The van der Waals surface area contributed by atoms with Crippen molar-refractivity contribution < 1.29 is 4.79 Å². The van der Waals surface area contributed by atoms with Gasteiger partial charge in [0.25, 0.3) is 0 Å². The molecule has 0 aliphatic carbocycles. The smallest absolute Gasteiger partial charge is 0.186 e.